The Balaban J connectivity index is 1.55. The van der Waals surface area contributed by atoms with E-state index >= 15 is 0 Å². The Morgan fingerprint density at radius 3 is 2.38 bits per heavy atom. The van der Waals surface area contributed by atoms with Crippen molar-refractivity contribution < 1.29 is 0 Å². The molecule has 5 rings (SSSR count). The van der Waals surface area contributed by atoms with Gasteiger partial charge in [0.1, 0.15) is 5.82 Å². The van der Waals surface area contributed by atoms with Crippen molar-refractivity contribution in [3.05, 3.63) is 18.2 Å². The van der Waals surface area contributed by atoms with Crippen LogP contribution in [0.1, 0.15) is 44.9 Å². The number of imidazole rings is 1. The fourth-order valence-corrected chi connectivity index (χ4v) is 6.02. The number of hydrogen-bond acceptors (Lipinski definition) is 2. The minimum absolute atomic E-state index is 0.631. The number of aryl methyl sites for hydroxylation is 1. The molecule has 0 aliphatic heterocycles. The molecule has 0 aromatic carbocycles. The van der Waals surface area contributed by atoms with Gasteiger partial charge in [-0.15, -0.1) is 0 Å². The lowest BCUT2D eigenvalue weighted by Crippen LogP contribution is -2.53. The molecule has 1 aromatic heterocycles. The van der Waals surface area contributed by atoms with Gasteiger partial charge < -0.3 is 9.88 Å². The van der Waals surface area contributed by atoms with Crippen molar-refractivity contribution in [1.29, 1.82) is 0 Å². The highest BCUT2D eigenvalue weighted by molar-refractivity contribution is 5.04. The quantitative estimate of drug-likeness (QED) is 0.902. The number of rotatable bonds is 5. The van der Waals surface area contributed by atoms with Crippen LogP contribution in [0.4, 0.5) is 0 Å². The summed E-state index contributed by atoms with van der Waals surface area (Å²) in [6.45, 7) is 3.33. The molecule has 0 spiro atoms. The highest BCUT2D eigenvalue weighted by atomic mass is 15.0. The van der Waals surface area contributed by atoms with Crippen LogP contribution in [0.3, 0.4) is 0 Å². The van der Waals surface area contributed by atoms with E-state index in [0.29, 0.717) is 6.04 Å². The van der Waals surface area contributed by atoms with Crippen molar-refractivity contribution in [2.75, 3.05) is 6.54 Å². The third-order valence-corrected chi connectivity index (χ3v) is 6.55. The lowest BCUT2D eigenvalue weighted by molar-refractivity contribution is -0.0518. The molecular formula is C18H29N3. The topological polar surface area (TPSA) is 29.9 Å². The maximum absolute atomic E-state index is 4.57. The summed E-state index contributed by atoms with van der Waals surface area (Å²) in [5.41, 5.74) is 0. The average Bonchev–Trinajstić information content (AvgIpc) is 2.83. The Morgan fingerprint density at radius 2 is 1.86 bits per heavy atom. The predicted molar refractivity (Wildman–Crippen MR) is 84.9 cm³/mol. The Hall–Kier alpha value is -0.830. The smallest absolute Gasteiger partial charge is 0.109 e. The summed E-state index contributed by atoms with van der Waals surface area (Å²) in [6, 6.07) is 0.631. The molecule has 3 nitrogen and oxygen atoms in total. The number of aromatic nitrogens is 2. The molecule has 1 heterocycles. The van der Waals surface area contributed by atoms with Crippen LogP contribution in [0.2, 0.25) is 0 Å². The standard InChI is InChI=1S/C18H29N3/c1-3-19-16(11-17-20-4-5-21(17)2)18-14-7-12-6-13(9-14)10-15(18)8-12/h4-5,12-16,18-19H,3,6-11H2,1-2H3. The van der Waals surface area contributed by atoms with E-state index in [4.69, 9.17) is 0 Å². The van der Waals surface area contributed by atoms with Gasteiger partial charge in [0.15, 0.2) is 0 Å². The Bertz CT molecular complexity index is 464. The molecule has 21 heavy (non-hydrogen) atoms. The first kappa shape index (κ1) is 13.8. The summed E-state index contributed by atoms with van der Waals surface area (Å²) in [5, 5.41) is 3.82. The summed E-state index contributed by atoms with van der Waals surface area (Å²) in [7, 11) is 2.13. The van der Waals surface area contributed by atoms with Gasteiger partial charge in [-0.25, -0.2) is 4.98 Å². The Kier molecular flexibility index (Phi) is 3.56. The van der Waals surface area contributed by atoms with Gasteiger partial charge in [-0.05, 0) is 68.2 Å². The summed E-state index contributed by atoms with van der Waals surface area (Å²) >= 11 is 0. The lowest BCUT2D eigenvalue weighted by Gasteiger charge is -2.56. The molecule has 1 N–H and O–H groups in total. The molecular weight excluding hydrogens is 258 g/mol. The zero-order valence-electron chi connectivity index (χ0n) is 13.5. The van der Waals surface area contributed by atoms with Crippen molar-refractivity contribution in [1.82, 2.24) is 14.9 Å². The first-order valence-corrected chi connectivity index (χ1v) is 8.94. The largest absolute Gasteiger partial charge is 0.338 e. The van der Waals surface area contributed by atoms with Crippen LogP contribution < -0.4 is 5.32 Å². The van der Waals surface area contributed by atoms with E-state index in [-0.39, 0.29) is 0 Å². The van der Waals surface area contributed by atoms with Gasteiger partial charge >= 0.3 is 0 Å². The summed E-state index contributed by atoms with van der Waals surface area (Å²) in [4.78, 5) is 4.57. The number of likely N-dealkylation sites (N-methyl/N-ethyl adjacent to an activating group) is 1. The van der Waals surface area contributed by atoms with Gasteiger partial charge in [0, 0.05) is 31.9 Å². The summed E-state index contributed by atoms with van der Waals surface area (Å²) in [6.07, 6.45) is 12.7. The van der Waals surface area contributed by atoms with Crippen LogP contribution in [0.15, 0.2) is 12.4 Å². The van der Waals surface area contributed by atoms with Crippen LogP contribution in [0.25, 0.3) is 0 Å². The summed E-state index contributed by atoms with van der Waals surface area (Å²) < 4.78 is 2.19. The first-order valence-electron chi connectivity index (χ1n) is 8.94. The van der Waals surface area contributed by atoms with Crippen LogP contribution in [0.5, 0.6) is 0 Å². The molecule has 4 aliphatic carbocycles. The van der Waals surface area contributed by atoms with Crippen molar-refractivity contribution in [2.45, 2.75) is 51.5 Å². The molecule has 1 aromatic rings. The number of hydrogen-bond donors (Lipinski definition) is 1. The van der Waals surface area contributed by atoms with Crippen molar-refractivity contribution >= 4 is 0 Å². The van der Waals surface area contributed by atoms with Gasteiger partial charge in [-0.3, -0.25) is 0 Å². The molecule has 4 saturated carbocycles. The van der Waals surface area contributed by atoms with E-state index in [2.05, 4.69) is 35.0 Å². The van der Waals surface area contributed by atoms with Crippen LogP contribution in [-0.4, -0.2) is 22.1 Å². The average molecular weight is 287 g/mol. The molecule has 4 fully saturated rings. The second kappa shape index (κ2) is 5.42. The zero-order valence-corrected chi connectivity index (χ0v) is 13.5. The molecule has 4 aliphatic rings. The monoisotopic (exact) mass is 287 g/mol. The second-order valence-corrected chi connectivity index (χ2v) is 7.83. The first-order chi connectivity index (χ1) is 10.2. The van der Waals surface area contributed by atoms with Gasteiger partial charge in [0.05, 0.1) is 0 Å². The summed E-state index contributed by atoms with van der Waals surface area (Å²) in [5.74, 6) is 6.26. The van der Waals surface area contributed by atoms with E-state index < -0.39 is 0 Å². The Labute approximate surface area is 128 Å². The van der Waals surface area contributed by atoms with Gasteiger partial charge in [0.25, 0.3) is 0 Å². The minimum Gasteiger partial charge on any atom is -0.338 e. The van der Waals surface area contributed by atoms with E-state index in [1.165, 1.54) is 31.5 Å². The Morgan fingerprint density at radius 1 is 1.19 bits per heavy atom. The number of nitrogens with one attached hydrogen (secondary N) is 1. The molecule has 3 heteroatoms. The fourth-order valence-electron chi connectivity index (χ4n) is 6.02. The molecule has 0 amide bonds. The molecule has 0 radical (unpaired) electrons. The molecule has 1 unspecified atom stereocenters. The maximum Gasteiger partial charge on any atom is 0.109 e. The second-order valence-electron chi connectivity index (χ2n) is 7.83. The van der Waals surface area contributed by atoms with E-state index in [1.807, 2.05) is 6.20 Å². The van der Waals surface area contributed by atoms with Crippen molar-refractivity contribution in [3.63, 3.8) is 0 Å². The highest BCUT2D eigenvalue weighted by Crippen LogP contribution is 2.57. The van der Waals surface area contributed by atoms with Crippen LogP contribution in [0, 0.1) is 29.6 Å². The fraction of sp³-hybridized carbons (Fsp3) is 0.833. The highest BCUT2D eigenvalue weighted by Gasteiger charge is 2.50. The SMILES string of the molecule is CCNC(Cc1nccn1C)C1C2CC3CC(C2)CC1C3. The van der Waals surface area contributed by atoms with Crippen molar-refractivity contribution in [2.24, 2.45) is 36.6 Å². The molecule has 116 valence electrons. The molecule has 4 bridgehead atoms. The van der Waals surface area contributed by atoms with Gasteiger partial charge in [0.2, 0.25) is 0 Å². The minimum atomic E-state index is 0.631. The van der Waals surface area contributed by atoms with E-state index in [1.54, 1.807) is 6.42 Å². The number of nitrogens with zero attached hydrogens (tertiary/aromatic N) is 2. The van der Waals surface area contributed by atoms with E-state index in [9.17, 15) is 0 Å². The molecule has 1 atom stereocenters. The van der Waals surface area contributed by atoms with Crippen molar-refractivity contribution in [3.8, 4) is 0 Å². The van der Waals surface area contributed by atoms with Crippen LogP contribution >= 0.6 is 0 Å². The lowest BCUT2D eigenvalue weighted by atomic mass is 9.50. The predicted octanol–water partition coefficient (Wildman–Crippen LogP) is 3.01. The van der Waals surface area contributed by atoms with E-state index in [0.717, 1.165) is 42.6 Å². The maximum atomic E-state index is 4.57. The van der Waals surface area contributed by atoms with Gasteiger partial charge in [-0.2, -0.15) is 0 Å². The molecule has 0 saturated heterocycles. The zero-order chi connectivity index (χ0) is 14.4. The van der Waals surface area contributed by atoms with Crippen LogP contribution in [-0.2, 0) is 13.5 Å². The third kappa shape index (κ3) is 2.44. The van der Waals surface area contributed by atoms with Gasteiger partial charge in [-0.1, -0.05) is 6.92 Å². The third-order valence-electron chi connectivity index (χ3n) is 6.55. The normalized spacial score (nSPS) is 38.9.